The van der Waals surface area contributed by atoms with Gasteiger partial charge in [0.15, 0.2) is 0 Å². The van der Waals surface area contributed by atoms with Gasteiger partial charge in [0.2, 0.25) is 0 Å². The molecule has 0 atom stereocenters. The molecule has 2 heterocycles. The monoisotopic (exact) mass is 858 g/mol. The van der Waals surface area contributed by atoms with Gasteiger partial charge in [0.05, 0.1) is 5.41 Å². The van der Waals surface area contributed by atoms with Crippen molar-refractivity contribution in [3.63, 3.8) is 0 Å². The Hall–Kier alpha value is -7.62. The van der Waals surface area contributed by atoms with Gasteiger partial charge >= 0.3 is 0 Å². The fourth-order valence-electron chi connectivity index (χ4n) is 11.6. The molecule has 0 spiro atoms. The van der Waals surface area contributed by atoms with Crippen LogP contribution in [0.1, 0.15) is 22.3 Å². The molecule has 65 heavy (non-hydrogen) atoms. The largest absolute Gasteiger partial charge is 0.135 e. The van der Waals surface area contributed by atoms with Crippen LogP contribution < -0.4 is 0 Å². The van der Waals surface area contributed by atoms with E-state index < -0.39 is 5.41 Å². The number of thiophene rings is 2. The van der Waals surface area contributed by atoms with Gasteiger partial charge < -0.3 is 0 Å². The molecule has 0 unspecified atom stereocenters. The number of rotatable bonds is 5. The zero-order valence-electron chi connectivity index (χ0n) is 35.3. The summed E-state index contributed by atoms with van der Waals surface area (Å²) in [6.07, 6.45) is 0. The molecule has 14 rings (SSSR count). The topological polar surface area (TPSA) is 0 Å². The zero-order chi connectivity index (χ0) is 42.6. The van der Waals surface area contributed by atoms with E-state index in [1.807, 2.05) is 22.7 Å². The van der Waals surface area contributed by atoms with Gasteiger partial charge in [-0.2, -0.15) is 0 Å². The molecule has 2 aromatic heterocycles. The maximum absolute atomic E-state index is 2.52. The summed E-state index contributed by atoms with van der Waals surface area (Å²) < 4.78 is 5.29. The smallest absolute Gasteiger partial charge is 0.0719 e. The first-order valence-corrected chi connectivity index (χ1v) is 24.1. The molecule has 0 bridgehead atoms. The van der Waals surface area contributed by atoms with E-state index in [4.69, 9.17) is 0 Å². The highest BCUT2D eigenvalue weighted by Crippen LogP contribution is 2.60. The first kappa shape index (κ1) is 36.8. The molecule has 13 aromatic rings. The Balaban J connectivity index is 1.16. The van der Waals surface area contributed by atoms with Crippen LogP contribution in [0.5, 0.6) is 0 Å². The molecule has 1 aliphatic carbocycles. The summed E-state index contributed by atoms with van der Waals surface area (Å²) in [5.74, 6) is 0. The van der Waals surface area contributed by atoms with Crippen LogP contribution >= 0.6 is 22.7 Å². The number of fused-ring (bicyclic) bond motifs is 11. The summed E-state index contributed by atoms with van der Waals surface area (Å²) in [6, 6.07) is 86.7. The van der Waals surface area contributed by atoms with Crippen molar-refractivity contribution < 1.29 is 0 Å². The minimum atomic E-state index is -0.569. The summed E-state index contributed by atoms with van der Waals surface area (Å²) in [4.78, 5) is 0. The Labute approximate surface area is 385 Å². The average molecular weight is 859 g/mol. The van der Waals surface area contributed by atoms with Crippen LogP contribution in [0.2, 0.25) is 0 Å². The summed E-state index contributed by atoms with van der Waals surface area (Å²) in [5, 5.41) is 10.3. The van der Waals surface area contributed by atoms with Crippen LogP contribution in [0, 0.1) is 0 Å². The van der Waals surface area contributed by atoms with E-state index in [0.717, 1.165) is 0 Å². The van der Waals surface area contributed by atoms with Gasteiger partial charge in [-0.05, 0) is 95.4 Å². The zero-order valence-corrected chi connectivity index (χ0v) is 36.9. The quantitative estimate of drug-likeness (QED) is 0.151. The van der Waals surface area contributed by atoms with Crippen LogP contribution in [0.3, 0.4) is 0 Å². The molecule has 11 aromatic carbocycles. The average Bonchev–Trinajstić information content (AvgIpc) is 4.05. The highest BCUT2D eigenvalue weighted by Gasteiger charge is 2.47. The van der Waals surface area contributed by atoms with Gasteiger partial charge in [0, 0.05) is 51.5 Å². The second-order valence-corrected chi connectivity index (χ2v) is 19.5. The lowest BCUT2D eigenvalue weighted by Crippen LogP contribution is -2.29. The lowest BCUT2D eigenvalue weighted by Gasteiger charge is -2.35. The maximum Gasteiger partial charge on any atom is 0.0719 e. The summed E-state index contributed by atoms with van der Waals surface area (Å²) >= 11 is 3.81. The van der Waals surface area contributed by atoms with Gasteiger partial charge in [-0.25, -0.2) is 0 Å². The lowest BCUT2D eigenvalue weighted by atomic mass is 9.65. The lowest BCUT2D eigenvalue weighted by molar-refractivity contribution is 0.770. The number of benzene rings is 11. The molecular weight excluding hydrogens is 821 g/mol. The SMILES string of the molecule is c1ccc(C2(c3ccccc3)c3ccccc3-c3cccc(-c4c5cccc(-c6cccc7c6sc6ccccc67)c5cc5c(-c6cccc7c6sc6ccccc67)cccc45)c32)cc1. The van der Waals surface area contributed by atoms with Crippen molar-refractivity contribution in [2.75, 3.05) is 0 Å². The first-order chi connectivity index (χ1) is 32.3. The van der Waals surface area contributed by atoms with E-state index >= 15 is 0 Å². The van der Waals surface area contributed by atoms with E-state index in [9.17, 15) is 0 Å². The first-order valence-electron chi connectivity index (χ1n) is 22.4. The second kappa shape index (κ2) is 14.2. The third-order valence-corrected chi connectivity index (χ3v) is 16.6. The Morgan fingerprint density at radius 1 is 0.262 bits per heavy atom. The van der Waals surface area contributed by atoms with Crippen LogP contribution in [-0.2, 0) is 5.41 Å². The Morgan fingerprint density at radius 2 is 0.662 bits per heavy atom. The summed E-state index contributed by atoms with van der Waals surface area (Å²) in [7, 11) is 0. The minimum absolute atomic E-state index is 0.569. The molecule has 0 nitrogen and oxygen atoms in total. The standard InChI is InChI=1S/C63H38S2/c1-3-18-39(19-4-1)63(40-20-5-2-6-21-40)56-35-10-7-22-43(56)48-29-15-34-53(60(48)63)59-46-27-13-25-41(49-30-16-32-51-44-23-8-11-36-57(44)64-61(49)51)54(46)38-55-42(26-14-28-47(55)59)50-31-17-33-52-45-24-9-12-37-58(45)65-62(50)52/h1-38H. The molecular formula is C63H38S2. The third kappa shape index (κ3) is 5.18. The molecule has 0 amide bonds. The second-order valence-electron chi connectivity index (χ2n) is 17.4. The Morgan fingerprint density at radius 3 is 1.23 bits per heavy atom. The van der Waals surface area contributed by atoms with Crippen LogP contribution in [0.15, 0.2) is 231 Å². The summed E-state index contributed by atoms with van der Waals surface area (Å²) in [6.45, 7) is 0. The van der Waals surface area contributed by atoms with Gasteiger partial charge in [-0.3, -0.25) is 0 Å². The van der Waals surface area contributed by atoms with Gasteiger partial charge in [-0.1, -0.05) is 212 Å². The van der Waals surface area contributed by atoms with E-state index in [1.54, 1.807) is 0 Å². The minimum Gasteiger partial charge on any atom is -0.135 e. The molecule has 0 radical (unpaired) electrons. The van der Waals surface area contributed by atoms with Crippen molar-refractivity contribution in [1.29, 1.82) is 0 Å². The highest BCUT2D eigenvalue weighted by atomic mass is 32.1. The van der Waals surface area contributed by atoms with Gasteiger partial charge in [-0.15, -0.1) is 22.7 Å². The molecule has 0 aliphatic heterocycles. The predicted molar refractivity (Wildman–Crippen MR) is 281 cm³/mol. The fraction of sp³-hybridized carbons (Fsp3) is 0.0159. The van der Waals surface area contributed by atoms with Crippen molar-refractivity contribution in [3.8, 4) is 44.5 Å². The van der Waals surface area contributed by atoms with E-state index in [-0.39, 0.29) is 0 Å². The van der Waals surface area contributed by atoms with Gasteiger partial charge in [0.25, 0.3) is 0 Å². The third-order valence-electron chi connectivity index (χ3n) is 14.2. The Kier molecular flexibility index (Phi) is 8.04. The van der Waals surface area contributed by atoms with Crippen molar-refractivity contribution in [1.82, 2.24) is 0 Å². The molecule has 0 saturated carbocycles. The normalized spacial score (nSPS) is 13.0. The van der Waals surface area contributed by atoms with E-state index in [1.165, 1.54) is 129 Å². The van der Waals surface area contributed by atoms with Crippen LogP contribution in [0.25, 0.3) is 106 Å². The predicted octanol–water partition coefficient (Wildman–Crippen LogP) is 18.1. The van der Waals surface area contributed by atoms with Crippen molar-refractivity contribution in [2.45, 2.75) is 5.41 Å². The molecule has 302 valence electrons. The molecule has 2 heteroatoms. The van der Waals surface area contributed by atoms with E-state index in [0.29, 0.717) is 0 Å². The van der Waals surface area contributed by atoms with Crippen molar-refractivity contribution in [2.24, 2.45) is 0 Å². The van der Waals surface area contributed by atoms with Crippen LogP contribution in [-0.4, -0.2) is 0 Å². The number of hydrogen-bond donors (Lipinski definition) is 0. The fourth-order valence-corrected chi connectivity index (χ4v) is 14.0. The van der Waals surface area contributed by atoms with Gasteiger partial charge in [0.1, 0.15) is 0 Å². The Bertz CT molecular complexity index is 3850. The molecule has 0 N–H and O–H groups in total. The van der Waals surface area contributed by atoms with Crippen molar-refractivity contribution in [3.05, 3.63) is 253 Å². The molecule has 0 saturated heterocycles. The highest BCUT2D eigenvalue weighted by molar-refractivity contribution is 7.26. The van der Waals surface area contributed by atoms with Crippen LogP contribution in [0.4, 0.5) is 0 Å². The number of hydrogen-bond acceptors (Lipinski definition) is 2. The summed E-state index contributed by atoms with van der Waals surface area (Å²) in [5.41, 5.74) is 14.8. The van der Waals surface area contributed by atoms with E-state index in [2.05, 4.69) is 231 Å². The maximum atomic E-state index is 2.52. The molecule has 0 fully saturated rings. The molecule has 1 aliphatic rings. The van der Waals surface area contributed by atoms with Crippen molar-refractivity contribution >= 4 is 84.6 Å².